The number of benzene rings is 2. The van der Waals surface area contributed by atoms with Gasteiger partial charge in [0.2, 0.25) is 5.91 Å². The number of rotatable bonds is 7. The number of halogens is 2. The van der Waals surface area contributed by atoms with Gasteiger partial charge in [-0.25, -0.2) is 0 Å². The van der Waals surface area contributed by atoms with Gasteiger partial charge in [0.1, 0.15) is 0 Å². The zero-order chi connectivity index (χ0) is 27.8. The molecule has 0 spiro atoms. The minimum Gasteiger partial charge on any atom is -0.415 e. The van der Waals surface area contributed by atoms with Crippen molar-refractivity contribution in [1.29, 1.82) is 0 Å². The first-order chi connectivity index (χ1) is 17.8. The first-order valence-electron chi connectivity index (χ1n) is 13.4. The van der Waals surface area contributed by atoms with Crippen LogP contribution in [0.5, 0.6) is 0 Å². The zero-order valence-corrected chi connectivity index (χ0v) is 26.0. The number of hydrogen-bond donors (Lipinski definition) is 0. The molecule has 2 atom stereocenters. The van der Waals surface area contributed by atoms with Gasteiger partial charge in [-0.3, -0.25) is 9.48 Å². The van der Waals surface area contributed by atoms with E-state index in [1.165, 1.54) is 11.1 Å². The van der Waals surface area contributed by atoms with Crippen LogP contribution >= 0.6 is 23.2 Å². The number of fused-ring (bicyclic) bond motifs is 1. The second kappa shape index (κ2) is 11.2. The van der Waals surface area contributed by atoms with Crippen LogP contribution in [-0.4, -0.2) is 41.6 Å². The van der Waals surface area contributed by atoms with Crippen molar-refractivity contribution in [3.8, 4) is 11.1 Å². The summed E-state index contributed by atoms with van der Waals surface area (Å²) >= 11 is 12.9. The van der Waals surface area contributed by atoms with E-state index in [9.17, 15) is 4.79 Å². The molecule has 0 N–H and O–H groups in total. The maximum Gasteiger partial charge on any atom is 0.227 e. The van der Waals surface area contributed by atoms with Crippen molar-refractivity contribution < 1.29 is 9.22 Å². The Bertz CT molecular complexity index is 1290. The maximum atomic E-state index is 14.0. The van der Waals surface area contributed by atoms with Gasteiger partial charge in [0.25, 0.3) is 0 Å². The Hall–Kier alpha value is -2.12. The molecule has 8 heteroatoms. The van der Waals surface area contributed by atoms with Crippen LogP contribution in [0.15, 0.2) is 48.8 Å². The predicted molar refractivity (Wildman–Crippen MR) is 159 cm³/mol. The summed E-state index contributed by atoms with van der Waals surface area (Å²) in [5.74, 6) is 0.00573. The highest BCUT2D eigenvalue weighted by molar-refractivity contribution is 6.74. The highest BCUT2D eigenvalue weighted by Crippen LogP contribution is 2.41. The highest BCUT2D eigenvalue weighted by atomic mass is 35.5. The van der Waals surface area contributed by atoms with Gasteiger partial charge >= 0.3 is 0 Å². The van der Waals surface area contributed by atoms with Crippen LogP contribution in [0, 0.1) is 0 Å². The van der Waals surface area contributed by atoms with E-state index in [2.05, 4.69) is 77.2 Å². The lowest BCUT2D eigenvalue weighted by Crippen LogP contribution is -2.52. The molecule has 2 heterocycles. The number of nitrogens with zero attached hydrogens (tertiary/aromatic N) is 3. The normalized spacial score (nSPS) is 18.0. The molecule has 0 saturated heterocycles. The molecule has 3 aromatic rings. The molecule has 0 unspecified atom stereocenters. The van der Waals surface area contributed by atoms with Gasteiger partial charge in [-0.15, -0.1) is 0 Å². The molecule has 1 amide bonds. The van der Waals surface area contributed by atoms with E-state index in [0.29, 0.717) is 28.6 Å². The van der Waals surface area contributed by atoms with Gasteiger partial charge < -0.3 is 9.33 Å². The van der Waals surface area contributed by atoms with Crippen molar-refractivity contribution in [3.05, 3.63) is 75.5 Å². The first-order valence-corrected chi connectivity index (χ1v) is 17.0. The number of amides is 1. The SMILES string of the molecule is CCn1cc(-c2cccc3c2C[C@H](CO[Si](C)(C)C(C)(C)C)N(C(=O)Cc2c(Cl)cccc2Cl)[C@H]3C)cn1. The van der Waals surface area contributed by atoms with Gasteiger partial charge in [-0.2, -0.15) is 5.10 Å². The van der Waals surface area contributed by atoms with Crippen molar-refractivity contribution in [2.75, 3.05) is 6.61 Å². The van der Waals surface area contributed by atoms with E-state index in [0.717, 1.165) is 17.7 Å². The summed E-state index contributed by atoms with van der Waals surface area (Å²) in [4.78, 5) is 16.0. The topological polar surface area (TPSA) is 47.4 Å². The molecule has 0 saturated carbocycles. The van der Waals surface area contributed by atoms with Crippen LogP contribution in [0.2, 0.25) is 28.2 Å². The fourth-order valence-electron chi connectivity index (χ4n) is 4.99. The van der Waals surface area contributed by atoms with Crippen molar-refractivity contribution in [1.82, 2.24) is 14.7 Å². The number of carbonyl (C=O) groups excluding carboxylic acids is 1. The molecule has 204 valence electrons. The van der Waals surface area contributed by atoms with E-state index in [1.54, 1.807) is 18.2 Å². The maximum absolute atomic E-state index is 14.0. The van der Waals surface area contributed by atoms with E-state index in [1.807, 2.05) is 15.8 Å². The van der Waals surface area contributed by atoms with Crippen molar-refractivity contribution in [2.45, 2.75) is 84.2 Å². The first kappa shape index (κ1) is 28.9. The van der Waals surface area contributed by atoms with E-state index < -0.39 is 8.32 Å². The Labute approximate surface area is 238 Å². The van der Waals surface area contributed by atoms with Crippen molar-refractivity contribution in [3.63, 3.8) is 0 Å². The highest BCUT2D eigenvalue weighted by Gasteiger charge is 2.41. The van der Waals surface area contributed by atoms with Crippen molar-refractivity contribution in [2.24, 2.45) is 0 Å². The number of hydrogen-bond acceptors (Lipinski definition) is 3. The quantitative estimate of drug-likeness (QED) is 0.270. The van der Waals surface area contributed by atoms with Crippen LogP contribution in [-0.2, 0) is 28.6 Å². The molecular formula is C30H39Cl2N3O2Si. The molecule has 1 aliphatic rings. The Morgan fingerprint density at radius 2 is 1.79 bits per heavy atom. The molecule has 0 fully saturated rings. The smallest absolute Gasteiger partial charge is 0.227 e. The van der Waals surface area contributed by atoms with Gasteiger partial charge in [0, 0.05) is 28.4 Å². The molecular weight excluding hydrogens is 533 g/mol. The number of carbonyl (C=O) groups is 1. The summed E-state index contributed by atoms with van der Waals surface area (Å²) in [5, 5.41) is 5.61. The van der Waals surface area contributed by atoms with Crippen molar-refractivity contribution >= 4 is 37.4 Å². The van der Waals surface area contributed by atoms with Gasteiger partial charge in [-0.1, -0.05) is 68.2 Å². The molecule has 5 nitrogen and oxygen atoms in total. The molecule has 0 aliphatic carbocycles. The van der Waals surface area contributed by atoms with Crippen LogP contribution in [0.25, 0.3) is 11.1 Å². The molecule has 2 aromatic carbocycles. The number of aromatic nitrogens is 2. The van der Waals surface area contributed by atoms with Crippen LogP contribution in [0.1, 0.15) is 57.4 Å². The fourth-order valence-corrected chi connectivity index (χ4v) is 6.57. The lowest BCUT2D eigenvalue weighted by molar-refractivity contribution is -0.137. The van der Waals surface area contributed by atoms with E-state index in [-0.39, 0.29) is 29.4 Å². The summed E-state index contributed by atoms with van der Waals surface area (Å²) in [6, 6.07) is 11.5. The lowest BCUT2D eigenvalue weighted by Gasteiger charge is -2.45. The summed E-state index contributed by atoms with van der Waals surface area (Å²) < 4.78 is 8.66. The lowest BCUT2D eigenvalue weighted by atomic mass is 9.84. The minimum absolute atomic E-state index is 0.00573. The van der Waals surface area contributed by atoms with Gasteiger partial charge in [-0.05, 0) is 72.8 Å². The average molecular weight is 573 g/mol. The second-order valence-electron chi connectivity index (χ2n) is 11.7. The molecule has 38 heavy (non-hydrogen) atoms. The second-order valence-corrected chi connectivity index (χ2v) is 17.4. The fraction of sp³-hybridized carbons (Fsp3) is 0.467. The van der Waals surface area contributed by atoms with Crippen LogP contribution < -0.4 is 0 Å². The standard InChI is InChI=1S/C30H39Cl2N3O2Si/c1-8-34-18-21(17-33-34)24-12-9-11-23-20(2)35(29(36)16-26-27(31)13-10-14-28(26)32)22(15-25(23)24)19-37-38(6,7)30(3,4)5/h9-14,17-18,20,22H,8,15-16,19H2,1-7H3/t20-,22+/m0/s1. The molecule has 1 aromatic heterocycles. The molecule has 1 aliphatic heterocycles. The zero-order valence-electron chi connectivity index (χ0n) is 23.5. The third-order valence-electron chi connectivity index (χ3n) is 8.30. The monoisotopic (exact) mass is 571 g/mol. The summed E-state index contributed by atoms with van der Waals surface area (Å²) in [6.45, 7) is 16.7. The third-order valence-corrected chi connectivity index (χ3v) is 13.5. The summed E-state index contributed by atoms with van der Waals surface area (Å²) in [5.41, 5.74) is 5.37. The van der Waals surface area contributed by atoms with E-state index >= 15 is 0 Å². The largest absolute Gasteiger partial charge is 0.415 e. The Morgan fingerprint density at radius 1 is 1.13 bits per heavy atom. The van der Waals surface area contributed by atoms with Gasteiger partial charge in [0.05, 0.1) is 31.3 Å². The molecule has 0 bridgehead atoms. The van der Waals surface area contributed by atoms with Crippen LogP contribution in [0.4, 0.5) is 0 Å². The molecule has 4 rings (SSSR count). The molecule has 0 radical (unpaired) electrons. The van der Waals surface area contributed by atoms with Crippen LogP contribution in [0.3, 0.4) is 0 Å². The van der Waals surface area contributed by atoms with Gasteiger partial charge in [0.15, 0.2) is 8.32 Å². The summed E-state index contributed by atoms with van der Waals surface area (Å²) in [6.07, 6.45) is 4.89. The Kier molecular flexibility index (Phi) is 8.48. The summed E-state index contributed by atoms with van der Waals surface area (Å²) in [7, 11) is -2.03. The third kappa shape index (κ3) is 5.74. The van der Waals surface area contributed by atoms with E-state index in [4.69, 9.17) is 27.6 Å². The number of aryl methyl sites for hydroxylation is 1. The average Bonchev–Trinajstić information content (AvgIpc) is 3.33. The Balaban J connectivity index is 1.73. The predicted octanol–water partition coefficient (Wildman–Crippen LogP) is 7.96. The Morgan fingerprint density at radius 3 is 2.39 bits per heavy atom. The minimum atomic E-state index is -2.03.